The summed E-state index contributed by atoms with van der Waals surface area (Å²) in [5, 5.41) is 10.1. The normalized spacial score (nSPS) is 18.9. The van der Waals surface area contributed by atoms with E-state index in [9.17, 15) is 5.11 Å². The molecule has 1 heterocycles. The van der Waals surface area contributed by atoms with Crippen LogP contribution >= 0.6 is 0 Å². The highest BCUT2D eigenvalue weighted by Gasteiger charge is 2.24. The third-order valence-electron chi connectivity index (χ3n) is 4.29. The van der Waals surface area contributed by atoms with E-state index in [-0.39, 0.29) is 6.04 Å². The van der Waals surface area contributed by atoms with Crippen molar-refractivity contribution in [3.63, 3.8) is 0 Å². The maximum absolute atomic E-state index is 10.1. The molecular formula is C16H25NO3. The van der Waals surface area contributed by atoms with Gasteiger partial charge in [0.1, 0.15) is 11.5 Å². The molecule has 0 amide bonds. The minimum atomic E-state index is 0.226. The van der Waals surface area contributed by atoms with Crippen molar-refractivity contribution in [1.82, 2.24) is 4.90 Å². The largest absolute Gasteiger partial charge is 0.507 e. The molecule has 1 unspecified atom stereocenters. The van der Waals surface area contributed by atoms with Crippen molar-refractivity contribution < 1.29 is 14.6 Å². The first-order valence-electron chi connectivity index (χ1n) is 7.25. The van der Waals surface area contributed by atoms with E-state index < -0.39 is 0 Å². The van der Waals surface area contributed by atoms with Crippen LogP contribution in [0, 0.1) is 5.92 Å². The molecular weight excluding hydrogens is 254 g/mol. The number of aromatic hydroxyl groups is 1. The monoisotopic (exact) mass is 279 g/mol. The summed E-state index contributed by atoms with van der Waals surface area (Å²) in [6.07, 6.45) is 2.32. The number of hydrogen-bond donors (Lipinski definition) is 1. The number of benzene rings is 1. The third-order valence-corrected chi connectivity index (χ3v) is 4.29. The zero-order chi connectivity index (χ0) is 14.5. The number of rotatable bonds is 5. The third kappa shape index (κ3) is 3.44. The van der Waals surface area contributed by atoms with Crippen LogP contribution < -0.4 is 4.74 Å². The van der Waals surface area contributed by atoms with Gasteiger partial charge in [0.05, 0.1) is 7.11 Å². The summed E-state index contributed by atoms with van der Waals surface area (Å²) in [5.41, 5.74) is 0.969. The highest BCUT2D eigenvalue weighted by Crippen LogP contribution is 2.33. The van der Waals surface area contributed by atoms with Crippen LogP contribution in [-0.4, -0.2) is 43.9 Å². The van der Waals surface area contributed by atoms with E-state index in [4.69, 9.17) is 9.47 Å². The van der Waals surface area contributed by atoms with Crippen LogP contribution in [0.4, 0.5) is 0 Å². The van der Waals surface area contributed by atoms with Gasteiger partial charge >= 0.3 is 0 Å². The summed E-state index contributed by atoms with van der Waals surface area (Å²) in [5.74, 6) is 1.68. The average molecular weight is 279 g/mol. The molecule has 2 rings (SSSR count). The van der Waals surface area contributed by atoms with E-state index in [0.29, 0.717) is 17.4 Å². The Morgan fingerprint density at radius 2 is 2.00 bits per heavy atom. The van der Waals surface area contributed by atoms with Gasteiger partial charge in [-0.15, -0.1) is 0 Å². The van der Waals surface area contributed by atoms with Gasteiger partial charge in [-0.05, 0) is 44.8 Å². The summed E-state index contributed by atoms with van der Waals surface area (Å²) >= 11 is 0. The molecule has 0 bridgehead atoms. The lowest BCUT2D eigenvalue weighted by Crippen LogP contribution is -2.36. The Hall–Kier alpha value is -1.26. The number of phenols is 1. The average Bonchev–Trinajstić information content (AvgIpc) is 2.47. The molecule has 1 aliphatic rings. The number of ether oxygens (including phenoxy) is 2. The Bertz CT molecular complexity index is 428. The van der Waals surface area contributed by atoms with Gasteiger partial charge < -0.3 is 14.6 Å². The Labute approximate surface area is 121 Å². The van der Waals surface area contributed by atoms with E-state index in [1.54, 1.807) is 20.3 Å². The lowest BCUT2D eigenvalue weighted by atomic mass is 9.95. The first-order valence-corrected chi connectivity index (χ1v) is 7.25. The molecule has 0 spiro atoms. The highest BCUT2D eigenvalue weighted by molar-refractivity contribution is 5.41. The first-order chi connectivity index (χ1) is 9.65. The molecule has 1 aliphatic heterocycles. The predicted molar refractivity (Wildman–Crippen MR) is 79.2 cm³/mol. The number of piperidine rings is 1. The topological polar surface area (TPSA) is 41.9 Å². The zero-order valence-corrected chi connectivity index (χ0v) is 12.6. The zero-order valence-electron chi connectivity index (χ0n) is 12.6. The number of hydrogen-bond acceptors (Lipinski definition) is 4. The van der Waals surface area contributed by atoms with Crippen molar-refractivity contribution in [3.8, 4) is 11.5 Å². The second kappa shape index (κ2) is 6.95. The van der Waals surface area contributed by atoms with Crippen LogP contribution in [0.5, 0.6) is 11.5 Å². The van der Waals surface area contributed by atoms with Crippen LogP contribution in [0.3, 0.4) is 0 Å². The Morgan fingerprint density at radius 1 is 1.30 bits per heavy atom. The molecule has 1 N–H and O–H groups in total. The van der Waals surface area contributed by atoms with Crippen molar-refractivity contribution in [3.05, 3.63) is 23.8 Å². The number of phenolic OH excluding ortho intramolecular Hbond substituents is 1. The Kier molecular flexibility index (Phi) is 5.26. The summed E-state index contributed by atoms with van der Waals surface area (Å²) < 4.78 is 10.4. The number of nitrogens with zero attached hydrogens (tertiary/aromatic N) is 1. The van der Waals surface area contributed by atoms with Gasteiger partial charge in [-0.1, -0.05) is 6.07 Å². The van der Waals surface area contributed by atoms with Gasteiger partial charge in [0, 0.05) is 31.4 Å². The molecule has 0 aromatic heterocycles. The molecule has 4 heteroatoms. The summed E-state index contributed by atoms with van der Waals surface area (Å²) in [7, 11) is 3.38. The molecule has 1 saturated heterocycles. The quantitative estimate of drug-likeness (QED) is 0.900. The van der Waals surface area contributed by atoms with Crippen LogP contribution in [-0.2, 0) is 4.74 Å². The summed E-state index contributed by atoms with van der Waals surface area (Å²) in [6.45, 7) is 5.12. The van der Waals surface area contributed by atoms with Gasteiger partial charge in [-0.3, -0.25) is 4.90 Å². The first kappa shape index (κ1) is 15.1. The molecule has 20 heavy (non-hydrogen) atoms. The fourth-order valence-corrected chi connectivity index (χ4v) is 2.94. The molecule has 0 aliphatic carbocycles. The van der Waals surface area contributed by atoms with Gasteiger partial charge in [0.15, 0.2) is 0 Å². The van der Waals surface area contributed by atoms with Crippen molar-refractivity contribution in [1.29, 1.82) is 0 Å². The van der Waals surface area contributed by atoms with E-state index >= 15 is 0 Å². The summed E-state index contributed by atoms with van der Waals surface area (Å²) in [4.78, 5) is 2.42. The van der Waals surface area contributed by atoms with E-state index in [2.05, 4.69) is 11.8 Å². The molecule has 112 valence electrons. The molecule has 1 aromatic carbocycles. The minimum absolute atomic E-state index is 0.226. The van der Waals surface area contributed by atoms with Crippen molar-refractivity contribution >= 4 is 0 Å². The van der Waals surface area contributed by atoms with Crippen molar-refractivity contribution in [2.45, 2.75) is 25.8 Å². The smallest absolute Gasteiger partial charge is 0.124 e. The molecule has 4 nitrogen and oxygen atoms in total. The second-order valence-corrected chi connectivity index (χ2v) is 5.54. The molecule has 1 atom stereocenters. The Morgan fingerprint density at radius 3 is 2.55 bits per heavy atom. The fourth-order valence-electron chi connectivity index (χ4n) is 2.94. The standard InChI is InChI=1S/C16H25NO3/c1-12(15-5-4-14(20-3)10-16(15)18)17-8-6-13(7-9-17)11-19-2/h4-5,10,12-13,18H,6-9,11H2,1-3H3. The fraction of sp³-hybridized carbons (Fsp3) is 0.625. The number of methoxy groups -OCH3 is 2. The minimum Gasteiger partial charge on any atom is -0.507 e. The number of likely N-dealkylation sites (tertiary alicyclic amines) is 1. The van der Waals surface area contributed by atoms with E-state index in [1.165, 1.54) is 0 Å². The molecule has 0 saturated carbocycles. The molecule has 1 fully saturated rings. The van der Waals surface area contributed by atoms with E-state index in [1.807, 2.05) is 12.1 Å². The van der Waals surface area contributed by atoms with Gasteiger partial charge in [0.25, 0.3) is 0 Å². The van der Waals surface area contributed by atoms with Crippen LogP contribution in [0.2, 0.25) is 0 Å². The van der Waals surface area contributed by atoms with Gasteiger partial charge in [0.2, 0.25) is 0 Å². The lowest BCUT2D eigenvalue weighted by molar-refractivity contribution is 0.0827. The SMILES string of the molecule is COCC1CCN(C(C)c2ccc(OC)cc2O)CC1. The predicted octanol–water partition coefficient (Wildman–Crippen LogP) is 2.82. The van der Waals surface area contributed by atoms with Crippen LogP contribution in [0.1, 0.15) is 31.4 Å². The highest BCUT2D eigenvalue weighted by atomic mass is 16.5. The maximum atomic E-state index is 10.1. The van der Waals surface area contributed by atoms with E-state index in [0.717, 1.165) is 38.1 Å². The molecule has 1 aromatic rings. The van der Waals surface area contributed by atoms with Crippen molar-refractivity contribution in [2.24, 2.45) is 5.92 Å². The Balaban J connectivity index is 2.00. The maximum Gasteiger partial charge on any atom is 0.124 e. The molecule has 0 radical (unpaired) electrons. The second-order valence-electron chi connectivity index (χ2n) is 5.54. The lowest BCUT2D eigenvalue weighted by Gasteiger charge is -2.36. The van der Waals surface area contributed by atoms with Crippen molar-refractivity contribution in [2.75, 3.05) is 33.9 Å². The van der Waals surface area contributed by atoms with Gasteiger partial charge in [-0.25, -0.2) is 0 Å². The van der Waals surface area contributed by atoms with Crippen LogP contribution in [0.25, 0.3) is 0 Å². The van der Waals surface area contributed by atoms with Gasteiger partial charge in [-0.2, -0.15) is 0 Å². The van der Waals surface area contributed by atoms with Crippen LogP contribution in [0.15, 0.2) is 18.2 Å². The summed E-state index contributed by atoms with van der Waals surface area (Å²) in [6, 6.07) is 5.77.